The molecule has 35 heavy (non-hydrogen) atoms. The van der Waals surface area contributed by atoms with E-state index in [4.69, 9.17) is 9.47 Å². The van der Waals surface area contributed by atoms with Crippen LogP contribution in [-0.4, -0.2) is 23.7 Å². The second-order valence-electron chi connectivity index (χ2n) is 7.58. The summed E-state index contributed by atoms with van der Waals surface area (Å²) in [5, 5.41) is 16.7. The highest BCUT2D eigenvalue weighted by atomic mass is 16.6. The number of hydrazone groups is 1. The molecule has 0 bridgehead atoms. The van der Waals surface area contributed by atoms with Gasteiger partial charge in [-0.25, -0.2) is 5.43 Å². The lowest BCUT2D eigenvalue weighted by molar-refractivity contribution is -0.384. The zero-order chi connectivity index (χ0) is 24.6. The van der Waals surface area contributed by atoms with E-state index in [1.165, 1.54) is 18.3 Å². The molecular formula is C27H23N3O5. The zero-order valence-corrected chi connectivity index (χ0v) is 19.0. The summed E-state index contributed by atoms with van der Waals surface area (Å²) in [6, 6.07) is 24.7. The number of carbonyl (C=O) groups excluding carboxylic acids is 1. The lowest BCUT2D eigenvalue weighted by atomic mass is 10.0. The van der Waals surface area contributed by atoms with Crippen molar-refractivity contribution in [2.45, 2.75) is 13.5 Å². The zero-order valence-electron chi connectivity index (χ0n) is 19.0. The highest BCUT2D eigenvalue weighted by molar-refractivity contribution is 6.07. The van der Waals surface area contributed by atoms with Crippen LogP contribution >= 0.6 is 0 Å². The number of ether oxygens (including phenoxy) is 2. The van der Waals surface area contributed by atoms with Crippen molar-refractivity contribution in [1.82, 2.24) is 5.43 Å². The Morgan fingerprint density at radius 3 is 2.51 bits per heavy atom. The smallest absolute Gasteiger partial charge is 0.271 e. The van der Waals surface area contributed by atoms with Gasteiger partial charge in [-0.1, -0.05) is 36.4 Å². The number of amides is 1. The van der Waals surface area contributed by atoms with Gasteiger partial charge >= 0.3 is 0 Å². The monoisotopic (exact) mass is 469 g/mol. The molecule has 0 saturated heterocycles. The van der Waals surface area contributed by atoms with Gasteiger partial charge in [-0.15, -0.1) is 0 Å². The van der Waals surface area contributed by atoms with E-state index in [0.29, 0.717) is 29.2 Å². The molecule has 0 unspecified atom stereocenters. The van der Waals surface area contributed by atoms with Crippen LogP contribution in [0.2, 0.25) is 0 Å². The molecule has 8 heteroatoms. The number of hydrogen-bond donors (Lipinski definition) is 1. The molecule has 0 aliphatic rings. The van der Waals surface area contributed by atoms with Crippen molar-refractivity contribution in [3.63, 3.8) is 0 Å². The summed E-state index contributed by atoms with van der Waals surface area (Å²) in [4.78, 5) is 23.0. The standard InChI is InChI=1S/C27H23N3O5/c1-2-34-26-16-20(12-15-25(26)35-18-19-10-13-22(14-11-19)30(32)33)17-28-29-27(31)24-9-5-7-21-6-3-4-8-23(21)24/h3-17H,2,18H2,1H3,(H,29,31)/b28-17-. The Labute approximate surface area is 202 Å². The van der Waals surface area contributed by atoms with Gasteiger partial charge in [-0.3, -0.25) is 14.9 Å². The lowest BCUT2D eigenvalue weighted by Gasteiger charge is -2.12. The molecule has 0 saturated carbocycles. The molecule has 4 rings (SSSR count). The van der Waals surface area contributed by atoms with Crippen LogP contribution in [0.25, 0.3) is 10.8 Å². The molecule has 0 aromatic heterocycles. The van der Waals surface area contributed by atoms with Crippen LogP contribution in [0.15, 0.2) is 90.0 Å². The van der Waals surface area contributed by atoms with Crippen LogP contribution < -0.4 is 14.9 Å². The fourth-order valence-corrected chi connectivity index (χ4v) is 3.52. The average Bonchev–Trinajstić information content (AvgIpc) is 2.88. The van der Waals surface area contributed by atoms with Crippen LogP contribution in [0.5, 0.6) is 11.5 Å². The van der Waals surface area contributed by atoms with Gasteiger partial charge < -0.3 is 9.47 Å². The third kappa shape index (κ3) is 5.80. The Kier molecular flexibility index (Phi) is 7.32. The third-order valence-electron chi connectivity index (χ3n) is 5.22. The second kappa shape index (κ2) is 10.9. The van der Waals surface area contributed by atoms with Gasteiger partial charge in [0.1, 0.15) is 6.61 Å². The van der Waals surface area contributed by atoms with Crippen molar-refractivity contribution < 1.29 is 19.2 Å². The number of nitro groups is 1. The summed E-state index contributed by atoms with van der Waals surface area (Å²) in [7, 11) is 0. The number of nitrogens with one attached hydrogen (secondary N) is 1. The first-order valence-corrected chi connectivity index (χ1v) is 11.0. The van der Waals surface area contributed by atoms with Crippen LogP contribution in [-0.2, 0) is 6.61 Å². The van der Waals surface area contributed by atoms with Gasteiger partial charge in [0.15, 0.2) is 11.5 Å². The van der Waals surface area contributed by atoms with E-state index in [9.17, 15) is 14.9 Å². The van der Waals surface area contributed by atoms with E-state index >= 15 is 0 Å². The van der Waals surface area contributed by atoms with E-state index in [2.05, 4.69) is 10.5 Å². The molecule has 0 heterocycles. The van der Waals surface area contributed by atoms with Gasteiger partial charge in [-0.2, -0.15) is 5.10 Å². The molecule has 0 fully saturated rings. The van der Waals surface area contributed by atoms with Crippen LogP contribution in [0, 0.1) is 10.1 Å². The number of hydrogen-bond acceptors (Lipinski definition) is 6. The van der Waals surface area contributed by atoms with Crippen LogP contribution in [0.4, 0.5) is 5.69 Å². The lowest BCUT2D eigenvalue weighted by Crippen LogP contribution is -2.17. The maximum absolute atomic E-state index is 12.6. The first-order chi connectivity index (χ1) is 17.0. The van der Waals surface area contributed by atoms with E-state index < -0.39 is 4.92 Å². The van der Waals surface area contributed by atoms with E-state index in [0.717, 1.165) is 16.3 Å². The summed E-state index contributed by atoms with van der Waals surface area (Å²) >= 11 is 0. The number of fused-ring (bicyclic) bond motifs is 1. The van der Waals surface area contributed by atoms with E-state index in [1.54, 1.807) is 36.4 Å². The Morgan fingerprint density at radius 1 is 0.971 bits per heavy atom. The van der Waals surface area contributed by atoms with Gasteiger partial charge in [-0.05, 0) is 65.2 Å². The molecule has 0 aliphatic heterocycles. The summed E-state index contributed by atoms with van der Waals surface area (Å²) in [6.45, 7) is 2.53. The predicted octanol–water partition coefficient (Wildman–Crippen LogP) is 5.49. The normalized spacial score (nSPS) is 10.9. The molecular weight excluding hydrogens is 446 g/mol. The topological polar surface area (TPSA) is 103 Å². The number of benzene rings is 4. The first kappa shape index (κ1) is 23.4. The number of rotatable bonds is 9. The van der Waals surface area contributed by atoms with Gasteiger partial charge in [0.25, 0.3) is 11.6 Å². The number of carbonyl (C=O) groups is 1. The molecule has 1 N–H and O–H groups in total. The van der Waals surface area contributed by atoms with Crippen molar-refractivity contribution >= 4 is 28.6 Å². The molecule has 4 aromatic carbocycles. The minimum Gasteiger partial charge on any atom is -0.490 e. The molecule has 0 atom stereocenters. The fourth-order valence-electron chi connectivity index (χ4n) is 3.52. The molecule has 0 spiro atoms. The molecule has 176 valence electrons. The Hall–Kier alpha value is -4.72. The maximum atomic E-state index is 12.6. The quantitative estimate of drug-likeness (QED) is 0.198. The number of nitrogens with zero attached hydrogens (tertiary/aromatic N) is 2. The second-order valence-corrected chi connectivity index (χ2v) is 7.58. The summed E-state index contributed by atoms with van der Waals surface area (Å²) < 4.78 is 11.6. The number of non-ortho nitro benzene ring substituents is 1. The van der Waals surface area contributed by atoms with Crippen molar-refractivity contribution in [1.29, 1.82) is 0 Å². The fraction of sp³-hybridized carbons (Fsp3) is 0.111. The van der Waals surface area contributed by atoms with Crippen LogP contribution in [0.3, 0.4) is 0 Å². The molecule has 4 aromatic rings. The molecule has 1 amide bonds. The van der Waals surface area contributed by atoms with Crippen molar-refractivity contribution in [2.24, 2.45) is 5.10 Å². The van der Waals surface area contributed by atoms with Gasteiger partial charge in [0, 0.05) is 17.7 Å². The Morgan fingerprint density at radius 2 is 1.74 bits per heavy atom. The molecule has 0 radical (unpaired) electrons. The minimum absolute atomic E-state index is 0.0277. The summed E-state index contributed by atoms with van der Waals surface area (Å²) in [5.41, 5.74) is 4.66. The molecule has 8 nitrogen and oxygen atoms in total. The highest BCUT2D eigenvalue weighted by Crippen LogP contribution is 2.29. The maximum Gasteiger partial charge on any atom is 0.271 e. The first-order valence-electron chi connectivity index (χ1n) is 11.0. The summed E-state index contributed by atoms with van der Waals surface area (Å²) in [5.74, 6) is 0.756. The molecule has 0 aliphatic carbocycles. The average molecular weight is 469 g/mol. The Balaban J connectivity index is 1.43. The van der Waals surface area contributed by atoms with Crippen molar-refractivity contribution in [3.8, 4) is 11.5 Å². The summed E-state index contributed by atoms with van der Waals surface area (Å²) in [6.07, 6.45) is 1.53. The SMILES string of the molecule is CCOc1cc(/C=N\NC(=O)c2cccc3ccccc23)ccc1OCc1ccc([N+](=O)[O-])cc1. The predicted molar refractivity (Wildman–Crippen MR) is 134 cm³/mol. The van der Waals surface area contributed by atoms with E-state index in [1.807, 2.05) is 43.3 Å². The Bertz CT molecular complexity index is 1380. The minimum atomic E-state index is -0.442. The third-order valence-corrected chi connectivity index (χ3v) is 5.22. The van der Waals surface area contributed by atoms with Crippen molar-refractivity contribution in [3.05, 3.63) is 112 Å². The highest BCUT2D eigenvalue weighted by Gasteiger charge is 2.10. The largest absolute Gasteiger partial charge is 0.490 e. The number of nitro benzene ring substituents is 1. The van der Waals surface area contributed by atoms with Gasteiger partial charge in [0.2, 0.25) is 0 Å². The van der Waals surface area contributed by atoms with Gasteiger partial charge in [0.05, 0.1) is 17.7 Å². The van der Waals surface area contributed by atoms with Crippen LogP contribution in [0.1, 0.15) is 28.4 Å². The van der Waals surface area contributed by atoms with Crippen molar-refractivity contribution in [2.75, 3.05) is 6.61 Å². The van der Waals surface area contributed by atoms with E-state index in [-0.39, 0.29) is 18.2 Å².